The fraction of sp³-hybridized carbons (Fsp3) is 0.429. The summed E-state index contributed by atoms with van der Waals surface area (Å²) in [6.07, 6.45) is 1.57. The molecule has 0 spiro atoms. The van der Waals surface area contributed by atoms with E-state index in [2.05, 4.69) is 8.75 Å². The van der Waals surface area contributed by atoms with Gasteiger partial charge in [-0.05, 0) is 48.9 Å². The van der Waals surface area contributed by atoms with Gasteiger partial charge in [0.2, 0.25) is 0 Å². The van der Waals surface area contributed by atoms with Crippen LogP contribution in [0.25, 0.3) is 0 Å². The molecule has 0 amide bonds. The molecular weight excluding hydrogens is 324 g/mol. The van der Waals surface area contributed by atoms with Crippen molar-refractivity contribution in [2.75, 3.05) is 6.61 Å². The number of hydrogen-bond acceptors (Lipinski definition) is 7. The fourth-order valence-corrected chi connectivity index (χ4v) is 2.88. The van der Waals surface area contributed by atoms with Gasteiger partial charge >= 0.3 is 11.9 Å². The van der Waals surface area contributed by atoms with Crippen molar-refractivity contribution in [3.8, 4) is 0 Å². The number of ether oxygens (including phenoxy) is 1. The predicted molar refractivity (Wildman–Crippen MR) is 85.9 cm³/mol. The van der Waals surface area contributed by atoms with Crippen LogP contribution in [0.5, 0.6) is 0 Å². The van der Waals surface area contributed by atoms with E-state index in [4.69, 9.17) is 9.84 Å². The lowest BCUT2D eigenvalue weighted by Crippen LogP contribution is -2.05. The van der Waals surface area contributed by atoms with Gasteiger partial charge < -0.3 is 9.84 Å². The highest BCUT2D eigenvalue weighted by Gasteiger charge is 2.13. The average Bonchev–Trinajstić information content (AvgIpc) is 3.16. The maximum absolute atomic E-state index is 11.2. The van der Waals surface area contributed by atoms with Gasteiger partial charge in [0.25, 0.3) is 0 Å². The Kier molecular flexibility index (Phi) is 7.69. The van der Waals surface area contributed by atoms with Gasteiger partial charge in [-0.1, -0.05) is 13.8 Å². The van der Waals surface area contributed by atoms with E-state index in [0.29, 0.717) is 17.0 Å². The molecule has 8 heteroatoms. The molecule has 2 rings (SSSR count). The molecule has 0 fully saturated rings. The molecule has 0 aliphatic carbocycles. The lowest BCUT2D eigenvalue weighted by atomic mass is 10.2. The number of esters is 1. The first-order valence-electron chi connectivity index (χ1n) is 6.82. The van der Waals surface area contributed by atoms with Crippen LogP contribution in [0.2, 0.25) is 0 Å². The van der Waals surface area contributed by atoms with Crippen molar-refractivity contribution in [1.29, 1.82) is 0 Å². The summed E-state index contributed by atoms with van der Waals surface area (Å²) in [7, 11) is 0. The van der Waals surface area contributed by atoms with E-state index >= 15 is 0 Å². The number of aryl methyl sites for hydroxylation is 2. The fourth-order valence-electron chi connectivity index (χ4n) is 1.47. The summed E-state index contributed by atoms with van der Waals surface area (Å²) >= 11 is 2.33. The van der Waals surface area contributed by atoms with Crippen LogP contribution in [0, 0.1) is 0 Å². The Morgan fingerprint density at radius 3 is 2.41 bits per heavy atom. The molecule has 0 aliphatic heterocycles. The molecule has 0 aromatic carbocycles. The number of aromatic nitrogens is 2. The maximum Gasteiger partial charge on any atom is 0.347 e. The van der Waals surface area contributed by atoms with Crippen molar-refractivity contribution < 1.29 is 19.4 Å². The molecule has 0 radical (unpaired) electrons. The van der Waals surface area contributed by atoms with Crippen LogP contribution >= 0.6 is 23.1 Å². The van der Waals surface area contributed by atoms with Crippen LogP contribution in [0.15, 0.2) is 11.4 Å². The monoisotopic (exact) mass is 342 g/mol. The van der Waals surface area contributed by atoms with Crippen molar-refractivity contribution in [3.05, 3.63) is 33.3 Å². The molecular formula is C14H18N2O4S2. The second-order valence-corrected chi connectivity index (χ2v) is 5.52. The molecule has 1 N–H and O–H groups in total. The second-order valence-electron chi connectivity index (χ2n) is 4.09. The highest BCUT2D eigenvalue weighted by Crippen LogP contribution is 2.12. The van der Waals surface area contributed by atoms with E-state index in [9.17, 15) is 9.59 Å². The zero-order chi connectivity index (χ0) is 16.5. The summed E-state index contributed by atoms with van der Waals surface area (Å²) in [5.74, 6) is -1.15. The Hall–Kier alpha value is -1.80. The second kappa shape index (κ2) is 9.26. The van der Waals surface area contributed by atoms with E-state index in [1.165, 1.54) is 11.5 Å². The minimum Gasteiger partial charge on any atom is -0.477 e. The van der Waals surface area contributed by atoms with Gasteiger partial charge in [0.05, 0.1) is 23.6 Å². The van der Waals surface area contributed by atoms with Crippen LogP contribution in [0.4, 0.5) is 0 Å². The van der Waals surface area contributed by atoms with Crippen LogP contribution in [-0.4, -0.2) is 32.4 Å². The Morgan fingerprint density at radius 2 is 1.95 bits per heavy atom. The largest absolute Gasteiger partial charge is 0.477 e. The third kappa shape index (κ3) is 5.19. The molecule has 22 heavy (non-hydrogen) atoms. The molecule has 120 valence electrons. The summed E-state index contributed by atoms with van der Waals surface area (Å²) < 4.78 is 12.9. The minimum atomic E-state index is -0.891. The van der Waals surface area contributed by atoms with Crippen LogP contribution in [-0.2, 0) is 17.6 Å². The number of carboxylic acids is 1. The van der Waals surface area contributed by atoms with Crippen LogP contribution in [0.3, 0.4) is 0 Å². The minimum absolute atomic E-state index is 0.261. The van der Waals surface area contributed by atoms with Crippen molar-refractivity contribution in [2.45, 2.75) is 33.6 Å². The number of hydrogen-bond donors (Lipinski definition) is 1. The third-order valence-electron chi connectivity index (χ3n) is 2.61. The van der Waals surface area contributed by atoms with E-state index in [0.717, 1.165) is 35.8 Å². The van der Waals surface area contributed by atoms with Crippen molar-refractivity contribution in [2.24, 2.45) is 0 Å². The lowest BCUT2D eigenvalue weighted by Gasteiger charge is -1.99. The molecule has 2 aromatic heterocycles. The van der Waals surface area contributed by atoms with Crippen LogP contribution in [0.1, 0.15) is 52.2 Å². The highest BCUT2D eigenvalue weighted by molar-refractivity contribution is 7.08. The molecule has 0 saturated heterocycles. The van der Waals surface area contributed by atoms with E-state index < -0.39 is 5.97 Å². The molecule has 0 unspecified atom stereocenters. The molecule has 0 saturated carbocycles. The van der Waals surface area contributed by atoms with Gasteiger partial charge in [-0.15, -0.1) is 0 Å². The summed E-state index contributed by atoms with van der Waals surface area (Å²) in [6.45, 7) is 6.12. The third-order valence-corrected chi connectivity index (χ3v) is 4.09. The number of rotatable bonds is 5. The number of carboxylic acid groups (broad SMARTS) is 1. The van der Waals surface area contributed by atoms with E-state index in [-0.39, 0.29) is 5.97 Å². The Morgan fingerprint density at radius 1 is 1.23 bits per heavy atom. The Balaban J connectivity index is 0.000000224. The summed E-state index contributed by atoms with van der Waals surface area (Å²) in [5.41, 5.74) is 2.30. The van der Waals surface area contributed by atoms with Gasteiger partial charge in [-0.3, -0.25) is 0 Å². The molecule has 0 atom stereocenters. The first-order valence-corrected chi connectivity index (χ1v) is 8.43. The zero-order valence-electron chi connectivity index (χ0n) is 12.7. The number of carbonyl (C=O) groups excluding carboxylic acids is 1. The first-order chi connectivity index (χ1) is 10.5. The maximum atomic E-state index is 11.2. The number of carbonyl (C=O) groups is 2. The molecule has 2 aromatic rings. The van der Waals surface area contributed by atoms with E-state index in [1.807, 2.05) is 13.8 Å². The number of aromatic carboxylic acids is 1. The SMILES string of the molecule is CCOC(=O)c1csnc1CC.CCc1cc(C(=O)O)sn1. The Labute approximate surface area is 137 Å². The van der Waals surface area contributed by atoms with Gasteiger partial charge in [0.15, 0.2) is 0 Å². The van der Waals surface area contributed by atoms with Crippen LogP contribution < -0.4 is 0 Å². The van der Waals surface area contributed by atoms with Gasteiger partial charge in [-0.25, -0.2) is 9.59 Å². The van der Waals surface area contributed by atoms with Crippen molar-refractivity contribution in [1.82, 2.24) is 8.75 Å². The van der Waals surface area contributed by atoms with Gasteiger partial charge in [0.1, 0.15) is 4.88 Å². The lowest BCUT2D eigenvalue weighted by molar-refractivity contribution is 0.0525. The van der Waals surface area contributed by atoms with Crippen molar-refractivity contribution >= 4 is 35.0 Å². The summed E-state index contributed by atoms with van der Waals surface area (Å²) in [6, 6.07) is 1.60. The average molecular weight is 342 g/mol. The van der Waals surface area contributed by atoms with Gasteiger partial charge in [-0.2, -0.15) is 8.75 Å². The number of nitrogens with zero attached hydrogens (tertiary/aromatic N) is 2. The molecule has 0 aliphatic rings. The summed E-state index contributed by atoms with van der Waals surface area (Å²) in [4.78, 5) is 21.8. The standard InChI is InChI=1S/C8H11NO2S.C6H7NO2S/c1-3-7-6(5-12-9-7)8(10)11-4-2;1-2-4-3-5(6(8)9)10-7-4/h5H,3-4H2,1-2H3;3H,2H2,1H3,(H,8,9). The highest BCUT2D eigenvalue weighted by atomic mass is 32.1. The topological polar surface area (TPSA) is 89.4 Å². The zero-order valence-corrected chi connectivity index (χ0v) is 14.3. The predicted octanol–water partition coefficient (Wildman–Crippen LogP) is 3.29. The van der Waals surface area contributed by atoms with Gasteiger partial charge in [0, 0.05) is 5.38 Å². The first kappa shape index (κ1) is 18.2. The normalized spacial score (nSPS) is 9.77. The Bertz CT molecular complexity index is 622. The smallest absolute Gasteiger partial charge is 0.347 e. The summed E-state index contributed by atoms with van der Waals surface area (Å²) in [5, 5.41) is 10.2. The molecule has 6 nitrogen and oxygen atoms in total. The quantitative estimate of drug-likeness (QED) is 0.839. The van der Waals surface area contributed by atoms with Crippen molar-refractivity contribution in [3.63, 3.8) is 0 Å². The molecule has 0 bridgehead atoms. The van der Waals surface area contributed by atoms with E-state index in [1.54, 1.807) is 18.4 Å². The molecule has 2 heterocycles.